The van der Waals surface area contributed by atoms with Crippen molar-refractivity contribution in [2.75, 3.05) is 0 Å². The van der Waals surface area contributed by atoms with Crippen LogP contribution in [0.5, 0.6) is 0 Å². The van der Waals surface area contributed by atoms with Gasteiger partial charge in [0, 0.05) is 12.6 Å². The van der Waals surface area contributed by atoms with Crippen molar-refractivity contribution in [2.24, 2.45) is 0 Å². The topological polar surface area (TPSA) is 46.0 Å². The van der Waals surface area contributed by atoms with Crippen molar-refractivity contribution in [3.8, 4) is 0 Å². The third-order valence-electron chi connectivity index (χ3n) is 1.03. The minimum Gasteiger partial charge on any atom is -0.513 e. The molecule has 0 aliphatic carbocycles. The minimum absolute atomic E-state index is 0.124. The highest BCUT2D eigenvalue weighted by Gasteiger charge is 1.93. The predicted octanol–water partition coefficient (Wildman–Crippen LogP) is 1.09. The maximum atomic E-state index is 8.75. The summed E-state index contributed by atoms with van der Waals surface area (Å²) in [4.78, 5) is 7.62. The molecule has 10 heavy (non-hydrogen) atoms. The van der Waals surface area contributed by atoms with Gasteiger partial charge in [-0.1, -0.05) is 6.58 Å². The first-order chi connectivity index (χ1) is 4.79. The summed E-state index contributed by atoms with van der Waals surface area (Å²) in [5, 5.41) is 8.75. The number of hydrogen-bond donors (Lipinski definition) is 1. The van der Waals surface area contributed by atoms with Crippen LogP contribution in [0.25, 0.3) is 0 Å². The number of aromatic nitrogens is 2. The molecule has 3 heteroatoms. The van der Waals surface area contributed by atoms with Crippen molar-refractivity contribution in [3.05, 3.63) is 36.6 Å². The van der Waals surface area contributed by atoms with Crippen LogP contribution in [0.1, 0.15) is 5.69 Å². The Morgan fingerprint density at radius 2 is 2.50 bits per heavy atom. The van der Waals surface area contributed by atoms with Gasteiger partial charge in [-0.3, -0.25) is 0 Å². The SMILES string of the molecule is C=C(O)Cc1ccncn1. The molecule has 0 aliphatic rings. The maximum Gasteiger partial charge on any atom is 0.115 e. The molecular formula is C7H8N2O. The quantitative estimate of drug-likeness (QED) is 0.619. The molecule has 1 N–H and O–H groups in total. The summed E-state index contributed by atoms with van der Waals surface area (Å²) >= 11 is 0. The standard InChI is InChI=1S/C7H8N2O/c1-6(10)4-7-2-3-8-5-9-7/h2-3,5,10H,1,4H2. The summed E-state index contributed by atoms with van der Waals surface area (Å²) in [5.74, 6) is 0.124. The van der Waals surface area contributed by atoms with E-state index in [2.05, 4.69) is 16.5 Å². The first-order valence-corrected chi connectivity index (χ1v) is 2.90. The van der Waals surface area contributed by atoms with E-state index < -0.39 is 0 Å². The highest BCUT2D eigenvalue weighted by Crippen LogP contribution is 1.97. The third kappa shape index (κ3) is 1.85. The van der Waals surface area contributed by atoms with Crippen LogP contribution in [0, 0.1) is 0 Å². The summed E-state index contributed by atoms with van der Waals surface area (Å²) in [7, 11) is 0. The van der Waals surface area contributed by atoms with Crippen molar-refractivity contribution < 1.29 is 5.11 Å². The van der Waals surface area contributed by atoms with Gasteiger partial charge < -0.3 is 5.11 Å². The van der Waals surface area contributed by atoms with E-state index in [1.807, 2.05) is 0 Å². The second-order valence-electron chi connectivity index (χ2n) is 1.94. The molecule has 0 radical (unpaired) electrons. The van der Waals surface area contributed by atoms with Crippen molar-refractivity contribution in [1.82, 2.24) is 9.97 Å². The van der Waals surface area contributed by atoms with Crippen LogP contribution in [0.4, 0.5) is 0 Å². The first kappa shape index (κ1) is 6.74. The molecule has 0 amide bonds. The lowest BCUT2D eigenvalue weighted by molar-refractivity contribution is 0.400. The Labute approximate surface area is 59.1 Å². The number of hydrogen-bond acceptors (Lipinski definition) is 3. The van der Waals surface area contributed by atoms with Gasteiger partial charge in [-0.05, 0) is 6.07 Å². The Bertz CT molecular complexity index is 220. The number of rotatable bonds is 2. The first-order valence-electron chi connectivity index (χ1n) is 2.90. The second-order valence-corrected chi connectivity index (χ2v) is 1.94. The second kappa shape index (κ2) is 2.96. The van der Waals surface area contributed by atoms with Crippen molar-refractivity contribution in [1.29, 1.82) is 0 Å². The fraction of sp³-hybridized carbons (Fsp3) is 0.143. The molecule has 1 rings (SSSR count). The molecule has 1 aromatic heterocycles. The van der Waals surface area contributed by atoms with Crippen molar-refractivity contribution in [2.45, 2.75) is 6.42 Å². The normalized spacial score (nSPS) is 9.20. The molecule has 52 valence electrons. The highest BCUT2D eigenvalue weighted by molar-refractivity contribution is 5.04. The van der Waals surface area contributed by atoms with E-state index in [4.69, 9.17) is 5.11 Å². The molecule has 1 heterocycles. The number of nitrogens with zero attached hydrogens (tertiary/aromatic N) is 2. The molecule has 0 bridgehead atoms. The predicted molar refractivity (Wildman–Crippen MR) is 37.5 cm³/mol. The van der Waals surface area contributed by atoms with Crippen LogP contribution in [-0.4, -0.2) is 15.1 Å². The van der Waals surface area contributed by atoms with E-state index in [1.54, 1.807) is 12.3 Å². The van der Waals surface area contributed by atoms with Crippen molar-refractivity contribution in [3.63, 3.8) is 0 Å². The molecule has 0 atom stereocenters. The van der Waals surface area contributed by atoms with Crippen LogP contribution < -0.4 is 0 Å². The van der Waals surface area contributed by atoms with E-state index in [0.717, 1.165) is 5.69 Å². The minimum atomic E-state index is 0.124. The van der Waals surface area contributed by atoms with Crippen LogP contribution in [0.2, 0.25) is 0 Å². The van der Waals surface area contributed by atoms with Gasteiger partial charge in [0.15, 0.2) is 0 Å². The van der Waals surface area contributed by atoms with E-state index in [1.165, 1.54) is 6.33 Å². The molecule has 0 fully saturated rings. The van der Waals surface area contributed by atoms with E-state index >= 15 is 0 Å². The molecule has 0 aliphatic heterocycles. The zero-order valence-corrected chi connectivity index (χ0v) is 5.49. The Balaban J connectivity index is 2.67. The molecular weight excluding hydrogens is 128 g/mol. The van der Waals surface area contributed by atoms with Gasteiger partial charge in [0.2, 0.25) is 0 Å². The Morgan fingerprint density at radius 3 is 3.00 bits per heavy atom. The number of aliphatic hydroxyl groups is 1. The van der Waals surface area contributed by atoms with Crippen LogP contribution in [0.3, 0.4) is 0 Å². The lowest BCUT2D eigenvalue weighted by atomic mass is 10.3. The summed E-state index contributed by atoms with van der Waals surface area (Å²) in [5.41, 5.74) is 0.780. The van der Waals surface area contributed by atoms with Gasteiger partial charge in [-0.2, -0.15) is 0 Å². The van der Waals surface area contributed by atoms with Crippen LogP contribution >= 0.6 is 0 Å². The maximum absolute atomic E-state index is 8.75. The monoisotopic (exact) mass is 136 g/mol. The molecule has 3 nitrogen and oxygen atoms in total. The van der Waals surface area contributed by atoms with Crippen LogP contribution in [0.15, 0.2) is 30.9 Å². The van der Waals surface area contributed by atoms with Gasteiger partial charge in [0.1, 0.15) is 6.33 Å². The van der Waals surface area contributed by atoms with Gasteiger partial charge >= 0.3 is 0 Å². The lowest BCUT2D eigenvalue weighted by Gasteiger charge is -1.94. The van der Waals surface area contributed by atoms with Gasteiger partial charge in [-0.25, -0.2) is 9.97 Å². The molecule has 0 aromatic carbocycles. The summed E-state index contributed by atoms with van der Waals surface area (Å²) < 4.78 is 0. The lowest BCUT2D eigenvalue weighted by Crippen LogP contribution is -1.91. The van der Waals surface area contributed by atoms with E-state index in [9.17, 15) is 0 Å². The molecule has 0 saturated heterocycles. The summed E-state index contributed by atoms with van der Waals surface area (Å²) in [6.45, 7) is 3.35. The molecule has 1 aromatic rings. The third-order valence-corrected chi connectivity index (χ3v) is 1.03. The molecule has 0 unspecified atom stereocenters. The highest BCUT2D eigenvalue weighted by atomic mass is 16.3. The van der Waals surface area contributed by atoms with E-state index in [0.29, 0.717) is 6.42 Å². The summed E-state index contributed by atoms with van der Waals surface area (Å²) in [6.07, 6.45) is 3.48. The summed E-state index contributed by atoms with van der Waals surface area (Å²) in [6, 6.07) is 1.74. The van der Waals surface area contributed by atoms with Crippen molar-refractivity contribution >= 4 is 0 Å². The number of aliphatic hydroxyl groups excluding tert-OH is 1. The zero-order valence-electron chi connectivity index (χ0n) is 5.49. The zero-order chi connectivity index (χ0) is 7.40. The van der Waals surface area contributed by atoms with Gasteiger partial charge in [0.05, 0.1) is 11.5 Å². The fourth-order valence-electron chi connectivity index (χ4n) is 0.632. The molecule has 0 spiro atoms. The van der Waals surface area contributed by atoms with Crippen LogP contribution in [-0.2, 0) is 6.42 Å². The average molecular weight is 136 g/mol. The Morgan fingerprint density at radius 1 is 1.70 bits per heavy atom. The Hall–Kier alpha value is -1.38. The van der Waals surface area contributed by atoms with Gasteiger partial charge in [0.25, 0.3) is 0 Å². The van der Waals surface area contributed by atoms with Gasteiger partial charge in [-0.15, -0.1) is 0 Å². The van der Waals surface area contributed by atoms with E-state index in [-0.39, 0.29) is 5.76 Å². The Kier molecular flexibility index (Phi) is 1.99. The smallest absolute Gasteiger partial charge is 0.115 e. The average Bonchev–Trinajstić information content (AvgIpc) is 1.88. The molecule has 0 saturated carbocycles. The fourth-order valence-corrected chi connectivity index (χ4v) is 0.632. The number of allylic oxidation sites excluding steroid dienone is 1. The largest absolute Gasteiger partial charge is 0.513 e.